The molecule has 2 heteroatoms. The first-order valence-corrected chi connectivity index (χ1v) is 6.89. The van der Waals surface area contributed by atoms with Crippen LogP contribution in [0.4, 0.5) is 0 Å². The van der Waals surface area contributed by atoms with Crippen LogP contribution in [0, 0.1) is 0 Å². The zero-order chi connectivity index (χ0) is 12.1. The van der Waals surface area contributed by atoms with Gasteiger partial charge < -0.3 is 0 Å². The predicted octanol–water partition coefficient (Wildman–Crippen LogP) is 3.78. The number of thioether (sulfide) groups is 1. The van der Waals surface area contributed by atoms with Gasteiger partial charge in [0.1, 0.15) is 0 Å². The lowest BCUT2D eigenvalue weighted by Gasteiger charge is -2.07. The molecule has 2 aromatic carbocycles. The summed E-state index contributed by atoms with van der Waals surface area (Å²) in [6.07, 6.45) is 2.05. The van der Waals surface area contributed by atoms with Crippen LogP contribution in [0.3, 0.4) is 0 Å². The Morgan fingerprint density at radius 1 is 1.00 bits per heavy atom. The summed E-state index contributed by atoms with van der Waals surface area (Å²) in [6.45, 7) is 0. The molecule has 2 aromatic rings. The Labute approximate surface area is 106 Å². The number of benzene rings is 2. The van der Waals surface area contributed by atoms with Crippen molar-refractivity contribution in [3.63, 3.8) is 0 Å². The molecule has 0 N–H and O–H groups in total. The third-order valence-electron chi connectivity index (χ3n) is 2.60. The monoisotopic (exact) mass is 242 g/mol. The van der Waals surface area contributed by atoms with E-state index in [0.29, 0.717) is 0 Å². The first-order chi connectivity index (χ1) is 8.33. The van der Waals surface area contributed by atoms with Crippen molar-refractivity contribution in [2.45, 2.75) is 5.75 Å². The first-order valence-electron chi connectivity index (χ1n) is 5.49. The van der Waals surface area contributed by atoms with Crippen LogP contribution in [-0.2, 0) is 5.75 Å². The second-order valence-electron chi connectivity index (χ2n) is 3.79. The molecule has 0 radical (unpaired) electrons. The molecular weight excluding hydrogens is 228 g/mol. The molecule has 0 aromatic heterocycles. The number of hydrogen-bond acceptors (Lipinski definition) is 2. The highest BCUT2D eigenvalue weighted by Crippen LogP contribution is 2.18. The van der Waals surface area contributed by atoms with Gasteiger partial charge in [0.05, 0.1) is 0 Å². The normalized spacial score (nSPS) is 10.2. The SMILES string of the molecule is CSCc1ccccc1C(=O)c1ccccc1. The third-order valence-corrected chi connectivity index (χ3v) is 3.20. The molecular formula is C15H14OS. The number of carbonyl (C=O) groups is 1. The van der Waals surface area contributed by atoms with Crippen LogP contribution < -0.4 is 0 Å². The largest absolute Gasteiger partial charge is 0.289 e. The van der Waals surface area contributed by atoms with Gasteiger partial charge in [0.15, 0.2) is 5.78 Å². The van der Waals surface area contributed by atoms with Crippen LogP contribution in [0.1, 0.15) is 21.5 Å². The zero-order valence-corrected chi connectivity index (χ0v) is 10.5. The van der Waals surface area contributed by atoms with E-state index in [-0.39, 0.29) is 5.78 Å². The third kappa shape index (κ3) is 2.77. The number of carbonyl (C=O) groups excluding carboxylic acids is 1. The van der Waals surface area contributed by atoms with E-state index in [1.807, 2.05) is 60.9 Å². The van der Waals surface area contributed by atoms with Gasteiger partial charge in [-0.2, -0.15) is 11.8 Å². The Kier molecular flexibility index (Phi) is 3.99. The van der Waals surface area contributed by atoms with E-state index in [2.05, 4.69) is 0 Å². The Hall–Kier alpha value is -1.54. The lowest BCUT2D eigenvalue weighted by atomic mass is 9.99. The average Bonchev–Trinajstić information content (AvgIpc) is 2.40. The van der Waals surface area contributed by atoms with Gasteiger partial charge in [-0.25, -0.2) is 0 Å². The number of ketones is 1. The van der Waals surface area contributed by atoms with Crippen LogP contribution in [0.2, 0.25) is 0 Å². The summed E-state index contributed by atoms with van der Waals surface area (Å²) in [5, 5.41) is 0. The Morgan fingerprint density at radius 2 is 1.65 bits per heavy atom. The molecule has 86 valence electrons. The molecule has 17 heavy (non-hydrogen) atoms. The lowest BCUT2D eigenvalue weighted by Crippen LogP contribution is -2.04. The van der Waals surface area contributed by atoms with E-state index in [0.717, 1.165) is 22.4 Å². The Balaban J connectivity index is 2.37. The summed E-state index contributed by atoms with van der Waals surface area (Å²) < 4.78 is 0. The van der Waals surface area contributed by atoms with Crippen molar-refractivity contribution in [1.82, 2.24) is 0 Å². The van der Waals surface area contributed by atoms with Gasteiger partial charge in [-0.3, -0.25) is 4.79 Å². The summed E-state index contributed by atoms with van der Waals surface area (Å²) in [5.41, 5.74) is 2.67. The Morgan fingerprint density at radius 3 is 2.35 bits per heavy atom. The molecule has 0 aliphatic heterocycles. The lowest BCUT2D eigenvalue weighted by molar-refractivity contribution is 0.103. The molecule has 0 saturated heterocycles. The summed E-state index contributed by atoms with van der Waals surface area (Å²) in [7, 11) is 0. The number of hydrogen-bond donors (Lipinski definition) is 0. The van der Waals surface area contributed by atoms with Crippen molar-refractivity contribution in [2.24, 2.45) is 0 Å². The quantitative estimate of drug-likeness (QED) is 0.759. The second-order valence-corrected chi connectivity index (χ2v) is 4.65. The van der Waals surface area contributed by atoms with E-state index < -0.39 is 0 Å². The van der Waals surface area contributed by atoms with Gasteiger partial charge in [-0.1, -0.05) is 54.6 Å². The second kappa shape index (κ2) is 5.69. The van der Waals surface area contributed by atoms with Gasteiger partial charge >= 0.3 is 0 Å². The minimum Gasteiger partial charge on any atom is -0.289 e. The predicted molar refractivity (Wildman–Crippen MR) is 73.5 cm³/mol. The molecule has 0 fully saturated rings. The highest BCUT2D eigenvalue weighted by Gasteiger charge is 2.11. The minimum atomic E-state index is 0.107. The molecule has 0 spiro atoms. The van der Waals surface area contributed by atoms with Crippen molar-refractivity contribution in [3.05, 3.63) is 71.3 Å². The molecule has 0 heterocycles. The molecule has 2 rings (SSSR count). The molecule has 0 aliphatic rings. The van der Waals surface area contributed by atoms with Gasteiger partial charge in [0, 0.05) is 16.9 Å². The fourth-order valence-corrected chi connectivity index (χ4v) is 2.33. The summed E-state index contributed by atoms with van der Waals surface area (Å²) >= 11 is 1.73. The summed E-state index contributed by atoms with van der Waals surface area (Å²) in [4.78, 5) is 12.3. The van der Waals surface area contributed by atoms with Crippen molar-refractivity contribution in [1.29, 1.82) is 0 Å². The maximum Gasteiger partial charge on any atom is 0.193 e. The fraction of sp³-hybridized carbons (Fsp3) is 0.133. The fourth-order valence-electron chi connectivity index (χ4n) is 1.77. The first kappa shape index (κ1) is 11.9. The van der Waals surface area contributed by atoms with Crippen LogP contribution in [0.5, 0.6) is 0 Å². The van der Waals surface area contributed by atoms with Crippen LogP contribution in [0.25, 0.3) is 0 Å². The molecule has 0 amide bonds. The highest BCUT2D eigenvalue weighted by atomic mass is 32.2. The van der Waals surface area contributed by atoms with Gasteiger partial charge in [-0.15, -0.1) is 0 Å². The van der Waals surface area contributed by atoms with E-state index in [1.54, 1.807) is 11.8 Å². The molecule has 0 aliphatic carbocycles. The maximum atomic E-state index is 12.3. The van der Waals surface area contributed by atoms with Crippen molar-refractivity contribution < 1.29 is 4.79 Å². The van der Waals surface area contributed by atoms with Crippen molar-refractivity contribution in [2.75, 3.05) is 6.26 Å². The summed E-state index contributed by atoms with van der Waals surface area (Å²) in [6, 6.07) is 17.2. The highest BCUT2D eigenvalue weighted by molar-refractivity contribution is 7.97. The van der Waals surface area contributed by atoms with Crippen LogP contribution in [0.15, 0.2) is 54.6 Å². The molecule has 0 bridgehead atoms. The molecule has 0 saturated carbocycles. The maximum absolute atomic E-state index is 12.3. The minimum absolute atomic E-state index is 0.107. The van der Waals surface area contributed by atoms with Gasteiger partial charge in [0.2, 0.25) is 0 Å². The zero-order valence-electron chi connectivity index (χ0n) is 9.72. The van der Waals surface area contributed by atoms with Crippen LogP contribution >= 0.6 is 11.8 Å². The topological polar surface area (TPSA) is 17.1 Å². The van der Waals surface area contributed by atoms with Crippen molar-refractivity contribution in [3.8, 4) is 0 Å². The number of rotatable bonds is 4. The van der Waals surface area contributed by atoms with E-state index in [1.165, 1.54) is 0 Å². The van der Waals surface area contributed by atoms with E-state index in [4.69, 9.17) is 0 Å². The smallest absolute Gasteiger partial charge is 0.193 e. The molecule has 0 unspecified atom stereocenters. The van der Waals surface area contributed by atoms with E-state index in [9.17, 15) is 4.79 Å². The van der Waals surface area contributed by atoms with Crippen molar-refractivity contribution >= 4 is 17.5 Å². The Bertz CT molecular complexity index is 505. The van der Waals surface area contributed by atoms with Gasteiger partial charge in [0.25, 0.3) is 0 Å². The molecule has 1 nitrogen and oxygen atoms in total. The molecule has 0 atom stereocenters. The van der Waals surface area contributed by atoms with E-state index >= 15 is 0 Å². The van der Waals surface area contributed by atoms with Gasteiger partial charge in [-0.05, 0) is 11.8 Å². The van der Waals surface area contributed by atoms with Crippen LogP contribution in [-0.4, -0.2) is 12.0 Å². The standard InChI is InChI=1S/C15H14OS/c1-17-11-13-9-5-6-10-14(13)15(16)12-7-3-2-4-8-12/h2-10H,11H2,1H3. The summed E-state index contributed by atoms with van der Waals surface area (Å²) in [5.74, 6) is 0.977. The average molecular weight is 242 g/mol.